The van der Waals surface area contributed by atoms with Gasteiger partial charge in [-0.05, 0) is 54.2 Å². The number of carbonyl (C=O) groups is 1. The molecule has 172 valence electrons. The average Bonchev–Trinajstić information content (AvgIpc) is 2.85. The third-order valence-electron chi connectivity index (χ3n) is 5.29. The van der Waals surface area contributed by atoms with Crippen LogP contribution in [0.2, 0.25) is 0 Å². The van der Waals surface area contributed by atoms with Crippen molar-refractivity contribution in [2.45, 2.75) is 25.7 Å². The topological polar surface area (TPSA) is 116 Å². The van der Waals surface area contributed by atoms with Crippen LogP contribution in [0.1, 0.15) is 36.0 Å². The van der Waals surface area contributed by atoms with Gasteiger partial charge in [-0.3, -0.25) is 9.78 Å². The van der Waals surface area contributed by atoms with E-state index in [0.29, 0.717) is 19.4 Å². The minimum atomic E-state index is -0.806. The molecule has 0 saturated carbocycles. The molecule has 0 bridgehead atoms. The summed E-state index contributed by atoms with van der Waals surface area (Å²) in [5.74, 6) is -0.677. The molecule has 0 radical (unpaired) electrons. The van der Waals surface area contributed by atoms with E-state index in [1.54, 1.807) is 18.6 Å². The molecule has 0 aliphatic carbocycles. The van der Waals surface area contributed by atoms with Gasteiger partial charge in [0.15, 0.2) is 0 Å². The summed E-state index contributed by atoms with van der Waals surface area (Å²) in [6, 6.07) is 21.7. The predicted octanol–water partition coefficient (Wildman–Crippen LogP) is 4.61. The third-order valence-corrected chi connectivity index (χ3v) is 5.29. The fraction of sp³-hybridized carbons (Fsp3) is 0.185. The minimum Gasteiger partial charge on any atom is -0.481 e. The second-order valence-electron chi connectivity index (χ2n) is 7.65. The Morgan fingerprint density at radius 1 is 1.12 bits per heavy atom. The highest BCUT2D eigenvalue weighted by Gasteiger charge is 2.14. The van der Waals surface area contributed by atoms with Gasteiger partial charge in [0.1, 0.15) is 0 Å². The number of carboxylic acid groups (broad SMARTS) is 1. The Morgan fingerprint density at radius 3 is 2.62 bits per heavy atom. The molecule has 3 N–H and O–H groups in total. The van der Waals surface area contributed by atoms with Crippen molar-refractivity contribution >= 4 is 23.2 Å². The Labute approximate surface area is 199 Å². The summed E-state index contributed by atoms with van der Waals surface area (Å²) in [5.41, 5.74) is 11.0. The summed E-state index contributed by atoms with van der Waals surface area (Å²) in [6.07, 6.45) is 9.33. The van der Waals surface area contributed by atoms with Gasteiger partial charge in [0, 0.05) is 36.6 Å². The number of allylic oxidation sites excluding steroid dienone is 1. The third kappa shape index (κ3) is 7.04. The van der Waals surface area contributed by atoms with Crippen LogP contribution in [0.4, 0.5) is 5.69 Å². The first kappa shape index (κ1) is 24.2. The van der Waals surface area contributed by atoms with E-state index in [1.807, 2.05) is 77.7 Å². The molecule has 0 atom stereocenters. The van der Waals surface area contributed by atoms with Gasteiger partial charge in [-0.1, -0.05) is 54.6 Å². The van der Waals surface area contributed by atoms with Gasteiger partial charge in [0.05, 0.1) is 0 Å². The molecule has 7 nitrogen and oxygen atoms in total. The second kappa shape index (κ2) is 12.6. The molecular formula is C27H27N5O2. The Balaban J connectivity index is 1.93. The highest BCUT2D eigenvalue weighted by atomic mass is 16.4. The summed E-state index contributed by atoms with van der Waals surface area (Å²) in [4.78, 5) is 20.7. The number of nitrogens with zero attached hydrogens (tertiary/aromatic N) is 4. The zero-order valence-corrected chi connectivity index (χ0v) is 18.8. The first-order valence-corrected chi connectivity index (χ1v) is 11.0. The number of aliphatic carboxylic acids is 1. The average molecular weight is 454 g/mol. The number of anilines is 1. The van der Waals surface area contributed by atoms with Crippen molar-refractivity contribution in [3.63, 3.8) is 0 Å². The SMILES string of the molecule is N#CN=C(N)N(CCc1ccccc1)c1cccc(/C(=C\CCCC(=O)O)c2cccnc2)c1. The molecular weight excluding hydrogens is 426 g/mol. The van der Waals surface area contributed by atoms with Gasteiger partial charge in [0.2, 0.25) is 12.2 Å². The maximum atomic E-state index is 10.9. The van der Waals surface area contributed by atoms with Crippen molar-refractivity contribution in [2.75, 3.05) is 11.4 Å². The Hall–Kier alpha value is -4.44. The van der Waals surface area contributed by atoms with Crippen molar-refractivity contribution < 1.29 is 9.90 Å². The molecule has 34 heavy (non-hydrogen) atoms. The lowest BCUT2D eigenvalue weighted by Gasteiger charge is -2.24. The van der Waals surface area contributed by atoms with E-state index < -0.39 is 5.97 Å². The molecule has 0 amide bonds. The normalized spacial score (nSPS) is 11.6. The van der Waals surface area contributed by atoms with Crippen LogP contribution in [0.15, 0.2) is 90.2 Å². The van der Waals surface area contributed by atoms with Gasteiger partial charge >= 0.3 is 5.97 Å². The van der Waals surface area contributed by atoms with E-state index >= 15 is 0 Å². The van der Waals surface area contributed by atoms with E-state index in [-0.39, 0.29) is 12.4 Å². The number of benzene rings is 2. The zero-order chi connectivity index (χ0) is 24.2. The molecule has 0 saturated heterocycles. The number of guanidine groups is 1. The molecule has 0 aliphatic heterocycles. The number of unbranched alkanes of at least 4 members (excludes halogenated alkanes) is 1. The van der Waals surface area contributed by atoms with Crippen molar-refractivity contribution in [2.24, 2.45) is 10.7 Å². The van der Waals surface area contributed by atoms with Crippen molar-refractivity contribution in [1.29, 1.82) is 5.26 Å². The van der Waals surface area contributed by atoms with Crippen LogP contribution in [0.5, 0.6) is 0 Å². The Morgan fingerprint density at radius 2 is 1.91 bits per heavy atom. The van der Waals surface area contributed by atoms with Gasteiger partial charge in [0.25, 0.3) is 0 Å². The standard InChI is InChI=1S/C27H27N5O2/c28-20-31-27(29)32(17-15-21-8-2-1-3-9-21)24-12-6-10-22(18-24)25(13-4-5-14-26(33)34)23-11-7-16-30-19-23/h1-3,6-13,16,18-19H,4-5,14-15,17H2,(H2,29,31)(H,33,34)/b25-13+. The number of aliphatic imine (C=N–C) groups is 1. The highest BCUT2D eigenvalue weighted by Crippen LogP contribution is 2.28. The fourth-order valence-electron chi connectivity index (χ4n) is 3.64. The number of hydrogen-bond donors (Lipinski definition) is 2. The first-order valence-electron chi connectivity index (χ1n) is 11.0. The summed E-state index contributed by atoms with van der Waals surface area (Å²) in [7, 11) is 0. The number of nitrogens with two attached hydrogens (primary N) is 1. The quantitative estimate of drug-likeness (QED) is 0.200. The van der Waals surface area contributed by atoms with Crippen LogP contribution in [0, 0.1) is 11.5 Å². The van der Waals surface area contributed by atoms with E-state index in [2.05, 4.69) is 9.98 Å². The lowest BCUT2D eigenvalue weighted by atomic mass is 9.97. The van der Waals surface area contributed by atoms with E-state index in [4.69, 9.17) is 16.1 Å². The molecule has 0 fully saturated rings. The Bertz CT molecular complexity index is 1180. The first-order chi connectivity index (χ1) is 16.6. The van der Waals surface area contributed by atoms with E-state index in [1.165, 1.54) is 0 Å². The number of pyridine rings is 1. The molecule has 3 rings (SSSR count). The molecule has 0 spiro atoms. The van der Waals surface area contributed by atoms with Crippen LogP contribution < -0.4 is 10.6 Å². The summed E-state index contributed by atoms with van der Waals surface area (Å²) in [5, 5.41) is 18.0. The Kier molecular flexibility index (Phi) is 8.94. The number of nitriles is 1. The zero-order valence-electron chi connectivity index (χ0n) is 18.8. The van der Waals surface area contributed by atoms with Gasteiger partial charge < -0.3 is 15.7 Å². The molecule has 1 aromatic heterocycles. The van der Waals surface area contributed by atoms with Crippen LogP contribution >= 0.6 is 0 Å². The van der Waals surface area contributed by atoms with Gasteiger partial charge in [-0.15, -0.1) is 4.99 Å². The van der Waals surface area contributed by atoms with E-state index in [9.17, 15) is 4.79 Å². The monoisotopic (exact) mass is 453 g/mol. The minimum absolute atomic E-state index is 0.116. The predicted molar refractivity (Wildman–Crippen MR) is 134 cm³/mol. The molecule has 0 aliphatic rings. The van der Waals surface area contributed by atoms with Gasteiger partial charge in [-0.25, -0.2) is 0 Å². The lowest BCUT2D eigenvalue weighted by Crippen LogP contribution is -2.38. The lowest BCUT2D eigenvalue weighted by molar-refractivity contribution is -0.137. The van der Waals surface area contributed by atoms with Crippen LogP contribution in [0.3, 0.4) is 0 Å². The summed E-state index contributed by atoms with van der Waals surface area (Å²) in [6.45, 7) is 0.551. The number of hydrogen-bond acceptors (Lipinski definition) is 4. The van der Waals surface area contributed by atoms with Gasteiger partial charge in [-0.2, -0.15) is 5.26 Å². The number of carboxylic acids is 1. The molecule has 2 aromatic carbocycles. The second-order valence-corrected chi connectivity index (χ2v) is 7.65. The summed E-state index contributed by atoms with van der Waals surface area (Å²) < 4.78 is 0. The van der Waals surface area contributed by atoms with Crippen molar-refractivity contribution in [3.05, 3.63) is 102 Å². The maximum absolute atomic E-state index is 10.9. The molecule has 3 aromatic rings. The summed E-state index contributed by atoms with van der Waals surface area (Å²) >= 11 is 0. The number of rotatable bonds is 10. The maximum Gasteiger partial charge on any atom is 0.303 e. The van der Waals surface area contributed by atoms with Crippen molar-refractivity contribution in [3.8, 4) is 6.19 Å². The number of aromatic nitrogens is 1. The largest absolute Gasteiger partial charge is 0.481 e. The smallest absolute Gasteiger partial charge is 0.303 e. The highest BCUT2D eigenvalue weighted by molar-refractivity contribution is 5.96. The van der Waals surface area contributed by atoms with E-state index in [0.717, 1.165) is 34.4 Å². The molecule has 7 heteroatoms. The van der Waals surface area contributed by atoms with Crippen LogP contribution in [-0.2, 0) is 11.2 Å². The molecule has 0 unspecified atom stereocenters. The fourth-order valence-corrected chi connectivity index (χ4v) is 3.64. The van der Waals surface area contributed by atoms with Crippen LogP contribution in [0.25, 0.3) is 5.57 Å². The van der Waals surface area contributed by atoms with Crippen molar-refractivity contribution in [1.82, 2.24) is 4.98 Å². The van der Waals surface area contributed by atoms with Crippen LogP contribution in [-0.4, -0.2) is 28.6 Å². The molecule has 1 heterocycles.